The highest BCUT2D eigenvalue weighted by Gasteiger charge is 2.32. The van der Waals surface area contributed by atoms with Crippen molar-refractivity contribution in [3.05, 3.63) is 29.8 Å². The van der Waals surface area contributed by atoms with Crippen LogP contribution in [0.2, 0.25) is 0 Å². The lowest BCUT2D eigenvalue weighted by molar-refractivity contribution is -0.0498. The molecule has 2 unspecified atom stereocenters. The van der Waals surface area contributed by atoms with E-state index in [4.69, 9.17) is 0 Å². The van der Waals surface area contributed by atoms with E-state index < -0.39 is 6.61 Å². The number of halogens is 2. The molecule has 2 saturated heterocycles. The summed E-state index contributed by atoms with van der Waals surface area (Å²) in [5.41, 5.74) is 1.15. The number of ether oxygens (including phenoxy) is 1. The summed E-state index contributed by atoms with van der Waals surface area (Å²) in [7, 11) is 0. The number of alkyl halides is 2. The van der Waals surface area contributed by atoms with Crippen LogP contribution in [0.1, 0.15) is 31.2 Å². The molecule has 0 saturated carbocycles. The monoisotopic (exact) mass is 296 g/mol. The molecule has 116 valence electrons. The third kappa shape index (κ3) is 3.71. The summed E-state index contributed by atoms with van der Waals surface area (Å²) >= 11 is 0. The Kier molecular flexibility index (Phi) is 4.70. The van der Waals surface area contributed by atoms with E-state index in [-0.39, 0.29) is 5.75 Å². The topological polar surface area (TPSA) is 24.5 Å². The van der Waals surface area contributed by atoms with Crippen LogP contribution in [0.25, 0.3) is 0 Å². The molecule has 21 heavy (non-hydrogen) atoms. The van der Waals surface area contributed by atoms with Gasteiger partial charge in [0.25, 0.3) is 0 Å². The summed E-state index contributed by atoms with van der Waals surface area (Å²) in [5.74, 6) is 0.226. The fourth-order valence-corrected chi connectivity index (χ4v) is 3.55. The van der Waals surface area contributed by atoms with Gasteiger partial charge in [-0.25, -0.2) is 0 Å². The number of likely N-dealkylation sites (tertiary alicyclic amines) is 1. The van der Waals surface area contributed by atoms with Crippen LogP contribution in [0.3, 0.4) is 0 Å². The molecule has 2 atom stereocenters. The van der Waals surface area contributed by atoms with Gasteiger partial charge in [-0.05, 0) is 56.5 Å². The number of hydrogen-bond acceptors (Lipinski definition) is 3. The summed E-state index contributed by atoms with van der Waals surface area (Å²) in [6, 6.07) is 8.25. The Balaban J connectivity index is 1.59. The molecule has 1 aromatic carbocycles. The minimum atomic E-state index is -2.76. The quantitative estimate of drug-likeness (QED) is 0.904. The molecule has 2 heterocycles. The van der Waals surface area contributed by atoms with Gasteiger partial charge in [-0.15, -0.1) is 0 Å². The van der Waals surface area contributed by atoms with Crippen LogP contribution in [0.15, 0.2) is 24.3 Å². The van der Waals surface area contributed by atoms with E-state index >= 15 is 0 Å². The first-order chi connectivity index (χ1) is 10.2. The fraction of sp³-hybridized carbons (Fsp3) is 0.625. The molecule has 3 rings (SSSR count). The zero-order valence-electron chi connectivity index (χ0n) is 12.1. The van der Waals surface area contributed by atoms with Gasteiger partial charge in [0, 0.05) is 18.6 Å². The zero-order valence-corrected chi connectivity index (χ0v) is 12.1. The second kappa shape index (κ2) is 6.71. The molecule has 1 aromatic rings. The molecule has 0 spiro atoms. The predicted molar refractivity (Wildman–Crippen MR) is 77.5 cm³/mol. The van der Waals surface area contributed by atoms with E-state index in [0.29, 0.717) is 12.1 Å². The van der Waals surface area contributed by atoms with Crippen molar-refractivity contribution in [2.75, 3.05) is 13.1 Å². The summed E-state index contributed by atoms with van der Waals surface area (Å²) in [6.07, 6.45) is 5.04. The number of benzene rings is 1. The van der Waals surface area contributed by atoms with E-state index in [0.717, 1.165) is 25.2 Å². The summed E-state index contributed by atoms with van der Waals surface area (Å²) < 4.78 is 28.7. The highest BCUT2D eigenvalue weighted by Crippen LogP contribution is 2.27. The molecule has 1 N–H and O–H groups in total. The van der Waals surface area contributed by atoms with Crippen LogP contribution in [0, 0.1) is 0 Å². The van der Waals surface area contributed by atoms with Crippen LogP contribution in [-0.4, -0.2) is 36.7 Å². The number of nitrogens with zero attached hydrogens (tertiary/aromatic N) is 1. The van der Waals surface area contributed by atoms with Crippen LogP contribution in [-0.2, 0) is 6.54 Å². The first kappa shape index (κ1) is 14.7. The van der Waals surface area contributed by atoms with E-state index in [1.165, 1.54) is 25.7 Å². The van der Waals surface area contributed by atoms with Gasteiger partial charge in [0.2, 0.25) is 0 Å². The molecule has 0 bridgehead atoms. The van der Waals surface area contributed by atoms with Gasteiger partial charge in [0.15, 0.2) is 0 Å². The lowest BCUT2D eigenvalue weighted by Gasteiger charge is -2.29. The van der Waals surface area contributed by atoms with Gasteiger partial charge >= 0.3 is 6.61 Å². The van der Waals surface area contributed by atoms with Crippen LogP contribution in [0.4, 0.5) is 8.78 Å². The van der Waals surface area contributed by atoms with Gasteiger partial charge in [-0.2, -0.15) is 8.78 Å². The van der Waals surface area contributed by atoms with Crippen molar-refractivity contribution in [1.29, 1.82) is 0 Å². The van der Waals surface area contributed by atoms with Crippen molar-refractivity contribution in [3.63, 3.8) is 0 Å². The van der Waals surface area contributed by atoms with Gasteiger partial charge in [-0.3, -0.25) is 4.90 Å². The van der Waals surface area contributed by atoms with Crippen LogP contribution in [0.5, 0.6) is 5.75 Å². The lowest BCUT2D eigenvalue weighted by atomic mass is 10.0. The average molecular weight is 296 g/mol. The van der Waals surface area contributed by atoms with E-state index in [1.54, 1.807) is 12.1 Å². The number of nitrogens with one attached hydrogen (secondary N) is 1. The van der Waals surface area contributed by atoms with Crippen molar-refractivity contribution < 1.29 is 13.5 Å². The predicted octanol–water partition coefficient (Wildman–Crippen LogP) is 3.00. The number of hydrogen-bond donors (Lipinski definition) is 1. The van der Waals surface area contributed by atoms with Gasteiger partial charge in [-0.1, -0.05) is 12.1 Å². The van der Waals surface area contributed by atoms with Crippen molar-refractivity contribution in [1.82, 2.24) is 10.2 Å². The first-order valence-corrected chi connectivity index (χ1v) is 7.73. The molecular formula is C16H22F2N2O. The van der Waals surface area contributed by atoms with Gasteiger partial charge < -0.3 is 10.1 Å². The Bertz CT molecular complexity index is 446. The van der Waals surface area contributed by atoms with E-state index in [2.05, 4.69) is 15.0 Å². The Labute approximate surface area is 124 Å². The first-order valence-electron chi connectivity index (χ1n) is 7.73. The molecule has 2 aliphatic heterocycles. The molecular weight excluding hydrogens is 274 g/mol. The Morgan fingerprint density at radius 2 is 2.00 bits per heavy atom. The second-order valence-electron chi connectivity index (χ2n) is 5.91. The Hall–Kier alpha value is -1.20. The maximum Gasteiger partial charge on any atom is 0.387 e. The highest BCUT2D eigenvalue weighted by molar-refractivity contribution is 5.27. The maximum absolute atomic E-state index is 12.1. The lowest BCUT2D eigenvalue weighted by Crippen LogP contribution is -2.43. The fourth-order valence-electron chi connectivity index (χ4n) is 3.55. The van der Waals surface area contributed by atoms with Crippen LogP contribution >= 0.6 is 0 Å². The SMILES string of the molecule is FC(F)Oc1ccc(CN2CCCC2C2CCCN2)cc1. The normalized spacial score (nSPS) is 26.6. The minimum Gasteiger partial charge on any atom is -0.435 e. The molecule has 0 radical (unpaired) electrons. The molecule has 0 aliphatic carbocycles. The van der Waals surface area contributed by atoms with E-state index in [9.17, 15) is 8.78 Å². The molecule has 3 nitrogen and oxygen atoms in total. The molecule has 0 amide bonds. The van der Waals surface area contributed by atoms with Crippen molar-refractivity contribution in [3.8, 4) is 5.75 Å². The van der Waals surface area contributed by atoms with Crippen molar-refractivity contribution in [2.24, 2.45) is 0 Å². The summed E-state index contributed by atoms with van der Waals surface area (Å²) in [4.78, 5) is 2.52. The van der Waals surface area contributed by atoms with Gasteiger partial charge in [0.05, 0.1) is 0 Å². The van der Waals surface area contributed by atoms with Crippen LogP contribution < -0.4 is 10.1 Å². The second-order valence-corrected chi connectivity index (χ2v) is 5.91. The molecule has 5 heteroatoms. The Morgan fingerprint density at radius 3 is 2.67 bits per heavy atom. The Morgan fingerprint density at radius 1 is 1.19 bits per heavy atom. The number of rotatable bonds is 5. The maximum atomic E-state index is 12.1. The molecule has 2 fully saturated rings. The standard InChI is InChI=1S/C16H22F2N2O/c17-16(18)21-13-7-5-12(6-8-13)11-20-10-2-4-15(20)14-3-1-9-19-14/h5-8,14-16,19H,1-4,9-11H2. The van der Waals surface area contributed by atoms with Crippen molar-refractivity contribution in [2.45, 2.75) is 50.9 Å². The average Bonchev–Trinajstić information content (AvgIpc) is 3.11. The largest absolute Gasteiger partial charge is 0.435 e. The van der Waals surface area contributed by atoms with Gasteiger partial charge in [0.1, 0.15) is 5.75 Å². The van der Waals surface area contributed by atoms with E-state index in [1.807, 2.05) is 12.1 Å². The zero-order chi connectivity index (χ0) is 14.7. The highest BCUT2D eigenvalue weighted by atomic mass is 19.3. The minimum absolute atomic E-state index is 0.226. The van der Waals surface area contributed by atoms with Crippen molar-refractivity contribution >= 4 is 0 Å². The molecule has 2 aliphatic rings. The third-order valence-corrected chi connectivity index (χ3v) is 4.51. The summed E-state index contributed by atoms with van der Waals surface area (Å²) in [5, 5.41) is 3.60. The third-order valence-electron chi connectivity index (χ3n) is 4.51. The summed E-state index contributed by atoms with van der Waals surface area (Å²) in [6.45, 7) is 0.386. The molecule has 0 aromatic heterocycles. The smallest absolute Gasteiger partial charge is 0.387 e.